The number of piperidine rings is 1. The zero-order valence-electron chi connectivity index (χ0n) is 19.6. The first-order valence-electron chi connectivity index (χ1n) is 11.0. The number of nitrogens with zero attached hydrogens (tertiary/aromatic N) is 2. The van der Waals surface area contributed by atoms with E-state index in [-0.39, 0.29) is 40.3 Å². The monoisotopic (exact) mass is 521 g/mol. The summed E-state index contributed by atoms with van der Waals surface area (Å²) in [6, 6.07) is 3.89. The number of alkyl halides is 2. The molecule has 16 heteroatoms. The number of nitrogens with one attached hydrogen (secondary N) is 1. The molecular weight excluding hydrogens is 509 g/mol. The van der Waals surface area contributed by atoms with Crippen molar-refractivity contribution in [2.45, 2.75) is 36.7 Å². The third-order valence-electron chi connectivity index (χ3n) is 6.57. The molecule has 0 aliphatic carbocycles. The van der Waals surface area contributed by atoms with Gasteiger partial charge in [0.2, 0.25) is 19.8 Å². The van der Waals surface area contributed by atoms with Crippen LogP contribution in [0.4, 0.5) is 8.78 Å². The second-order valence-corrected chi connectivity index (χ2v) is 9.40. The van der Waals surface area contributed by atoms with E-state index < -0.39 is 62.9 Å². The number of carbonyl (C=O) groups is 4. The van der Waals surface area contributed by atoms with Crippen molar-refractivity contribution in [3.8, 4) is 0 Å². The molecule has 1 fully saturated rings. The number of fused-ring (bicyclic) bond motifs is 1. The van der Waals surface area contributed by atoms with Gasteiger partial charge in [-0.1, -0.05) is 46.2 Å². The number of carbonyl (C=O) groups excluding carboxylic acids is 4. The van der Waals surface area contributed by atoms with Gasteiger partial charge in [0, 0.05) is 29.1 Å². The van der Waals surface area contributed by atoms with Crippen molar-refractivity contribution in [2.24, 2.45) is 0 Å². The van der Waals surface area contributed by atoms with E-state index in [9.17, 15) is 19.2 Å². The minimum atomic E-state index is -4.42. The van der Waals surface area contributed by atoms with Crippen LogP contribution in [0.5, 0.6) is 0 Å². The third kappa shape index (κ3) is 4.48. The molecule has 1 atom stereocenters. The minimum absolute atomic E-state index is 0.0588. The Bertz CT molecular complexity index is 1410. The third-order valence-corrected chi connectivity index (χ3v) is 6.89. The normalized spacial score (nSPS) is 17.8. The summed E-state index contributed by atoms with van der Waals surface area (Å²) < 4.78 is 30.6. The zero-order valence-corrected chi connectivity index (χ0v) is 20.4. The molecule has 2 heterocycles. The first kappa shape index (κ1) is 28.1. The highest BCUT2D eigenvalue weighted by Gasteiger charge is 2.48. The molecule has 7 nitrogen and oxygen atoms in total. The van der Waals surface area contributed by atoms with Gasteiger partial charge >= 0.3 is 5.92 Å². The maximum Gasteiger partial charge on any atom is 0.347 e. The molecule has 38 heavy (non-hydrogen) atoms. The molecule has 0 bridgehead atoms. The van der Waals surface area contributed by atoms with Crippen LogP contribution in [0.2, 0.25) is 5.02 Å². The van der Waals surface area contributed by atoms with Crippen molar-refractivity contribution >= 4 is 98.8 Å². The molecule has 2 aromatic carbocycles. The number of benzene rings is 2. The molecule has 12 radical (unpaired) electrons. The highest BCUT2D eigenvalue weighted by Crippen LogP contribution is 2.34. The van der Waals surface area contributed by atoms with Crippen molar-refractivity contribution in [1.29, 1.82) is 0 Å². The Morgan fingerprint density at radius 2 is 1.76 bits per heavy atom. The number of amides is 4. The van der Waals surface area contributed by atoms with E-state index in [2.05, 4.69) is 5.32 Å². The predicted molar refractivity (Wildman–Crippen MR) is 140 cm³/mol. The van der Waals surface area contributed by atoms with Gasteiger partial charge in [0.1, 0.15) is 29.6 Å². The fraction of sp³-hybridized carbons (Fsp3) is 0.273. The quantitative estimate of drug-likeness (QED) is 0.353. The van der Waals surface area contributed by atoms with Crippen LogP contribution < -0.4 is 21.7 Å². The minimum Gasteiger partial charge on any atom is -0.398 e. The van der Waals surface area contributed by atoms with Gasteiger partial charge in [-0.3, -0.25) is 24.5 Å². The maximum atomic E-state index is 15.3. The Balaban J connectivity index is 1.62. The zero-order chi connectivity index (χ0) is 28.3. The van der Waals surface area contributed by atoms with Gasteiger partial charge in [-0.15, -0.1) is 0 Å². The summed E-state index contributed by atoms with van der Waals surface area (Å²) in [7, 11) is 34.7. The van der Waals surface area contributed by atoms with Gasteiger partial charge in [0.25, 0.3) is 11.8 Å². The number of hydrogen-bond acceptors (Lipinski definition) is 4. The molecule has 1 saturated heterocycles. The van der Waals surface area contributed by atoms with Crippen LogP contribution in [-0.2, 0) is 32.2 Å². The molecule has 4 rings (SSSR count). The van der Waals surface area contributed by atoms with Gasteiger partial charge in [-0.25, -0.2) is 0 Å². The number of hydrogen-bond donors (Lipinski definition) is 1. The Kier molecular flexibility index (Phi) is 7.14. The van der Waals surface area contributed by atoms with E-state index in [1.165, 1.54) is 23.1 Å². The van der Waals surface area contributed by atoms with Crippen LogP contribution in [0.25, 0.3) is 0 Å². The standard InChI is InChI=1S/C22H12B6ClF2N3O4/c23-11-6-12(29)16(24)17(25)15(11)21(30,31)20(38)34(28)22(26,27)9-1-2-10-8(5-9)7-33(19(10)37)13-3-4-14(35)32-18(13)36/h1-2,5-6,13H,3-4,7H2,(H,32,35,36). The SMILES string of the molecule is [B]c1cc(Cl)c([B])c([B])c1C(F)(F)C(=O)N([B])C([B])([B])c1ccc2c(c1)CN(C1CCC(=O)NC1=O)C2=O. The highest BCUT2D eigenvalue weighted by molar-refractivity contribution is 6.57. The molecular formula is C22H12B6ClF2N3O4. The van der Waals surface area contributed by atoms with Gasteiger partial charge in [-0.2, -0.15) is 8.78 Å². The van der Waals surface area contributed by atoms with Crippen molar-refractivity contribution < 1.29 is 28.0 Å². The number of imide groups is 1. The molecule has 1 unspecified atom stereocenters. The Hall–Kier alpha value is -2.94. The van der Waals surface area contributed by atoms with E-state index in [0.717, 1.165) is 6.07 Å². The summed E-state index contributed by atoms with van der Waals surface area (Å²) in [5.41, 5.74) is -2.41. The fourth-order valence-electron chi connectivity index (χ4n) is 4.44. The second-order valence-electron chi connectivity index (χ2n) is 9.00. The molecule has 178 valence electrons. The largest absolute Gasteiger partial charge is 0.398 e. The molecule has 0 spiro atoms. The second kappa shape index (κ2) is 9.67. The molecule has 0 aromatic heterocycles. The summed E-state index contributed by atoms with van der Waals surface area (Å²) in [5, 5.41) is -0.508. The maximum absolute atomic E-state index is 15.3. The summed E-state index contributed by atoms with van der Waals surface area (Å²) in [5.74, 6) is -8.01. The predicted octanol–water partition coefficient (Wildman–Crippen LogP) is -2.37. The lowest BCUT2D eigenvalue weighted by atomic mass is 9.55. The van der Waals surface area contributed by atoms with Crippen LogP contribution in [0, 0.1) is 0 Å². The van der Waals surface area contributed by atoms with Crippen molar-refractivity contribution in [2.75, 3.05) is 0 Å². The molecule has 2 aromatic rings. The molecule has 2 aliphatic heterocycles. The average Bonchev–Trinajstić information content (AvgIpc) is 3.16. The highest BCUT2D eigenvalue weighted by atomic mass is 35.5. The lowest BCUT2D eigenvalue weighted by Crippen LogP contribution is -2.56. The van der Waals surface area contributed by atoms with E-state index >= 15 is 8.78 Å². The lowest BCUT2D eigenvalue weighted by molar-refractivity contribution is -0.155. The van der Waals surface area contributed by atoms with Crippen LogP contribution in [0.15, 0.2) is 24.3 Å². The number of halogens is 3. The first-order chi connectivity index (χ1) is 17.6. The van der Waals surface area contributed by atoms with Crippen LogP contribution in [0.1, 0.15) is 39.9 Å². The summed E-state index contributed by atoms with van der Waals surface area (Å²) >= 11 is 5.81. The molecule has 0 saturated carbocycles. The summed E-state index contributed by atoms with van der Waals surface area (Å²) in [6.07, 6.45) is 0.194. The van der Waals surface area contributed by atoms with Gasteiger partial charge in [-0.05, 0) is 29.0 Å². The Morgan fingerprint density at radius 3 is 2.39 bits per heavy atom. The van der Waals surface area contributed by atoms with E-state index in [1.54, 1.807) is 0 Å². The molecule has 1 N–H and O–H groups in total. The topological polar surface area (TPSA) is 86.8 Å². The number of rotatable bonds is 5. The van der Waals surface area contributed by atoms with Crippen molar-refractivity contribution in [3.63, 3.8) is 0 Å². The van der Waals surface area contributed by atoms with Crippen molar-refractivity contribution in [1.82, 2.24) is 15.0 Å². The van der Waals surface area contributed by atoms with E-state index in [4.69, 9.17) is 58.8 Å². The van der Waals surface area contributed by atoms with Gasteiger partial charge in [0.05, 0.1) is 15.7 Å². The van der Waals surface area contributed by atoms with Gasteiger partial charge < -0.3 is 9.71 Å². The van der Waals surface area contributed by atoms with Crippen LogP contribution in [0.3, 0.4) is 0 Å². The fourth-order valence-corrected chi connectivity index (χ4v) is 4.66. The van der Waals surface area contributed by atoms with E-state index in [0.29, 0.717) is 5.56 Å². The van der Waals surface area contributed by atoms with Crippen LogP contribution >= 0.6 is 11.6 Å². The van der Waals surface area contributed by atoms with E-state index in [1.807, 2.05) is 0 Å². The Morgan fingerprint density at radius 1 is 1.11 bits per heavy atom. The van der Waals surface area contributed by atoms with Crippen LogP contribution in [-0.4, -0.2) is 86.6 Å². The Labute approximate surface area is 229 Å². The average molecular weight is 521 g/mol. The van der Waals surface area contributed by atoms with Crippen molar-refractivity contribution in [3.05, 3.63) is 51.5 Å². The summed E-state index contributed by atoms with van der Waals surface area (Å²) in [6.45, 7) is -0.0594. The molecule has 4 amide bonds. The molecule has 2 aliphatic rings. The summed E-state index contributed by atoms with van der Waals surface area (Å²) in [4.78, 5) is 50.6. The van der Waals surface area contributed by atoms with Gasteiger partial charge in [0.15, 0.2) is 0 Å². The smallest absolute Gasteiger partial charge is 0.347 e. The first-order valence-corrected chi connectivity index (χ1v) is 11.4. The lowest BCUT2D eigenvalue weighted by Gasteiger charge is -2.41.